The number of aromatic nitrogens is 1. The third kappa shape index (κ3) is 7.56. The first kappa shape index (κ1) is 33.3. The Balaban J connectivity index is 1.78. The largest absolute Gasteiger partial charge is 0.497 e. The van der Waals surface area contributed by atoms with E-state index in [-0.39, 0.29) is 23.6 Å². The molecule has 16 heteroatoms. The number of alkyl halides is 5. The van der Waals surface area contributed by atoms with Crippen LogP contribution in [0, 0.1) is 11.6 Å². The van der Waals surface area contributed by atoms with Gasteiger partial charge in [0.2, 0.25) is 0 Å². The van der Waals surface area contributed by atoms with Crippen molar-refractivity contribution >= 4 is 23.3 Å². The molecule has 3 aromatic rings. The average molecular weight is 645 g/mol. The summed E-state index contributed by atoms with van der Waals surface area (Å²) in [4.78, 5) is 31.2. The summed E-state index contributed by atoms with van der Waals surface area (Å²) in [5, 5.41) is 14.8. The first-order valence-electron chi connectivity index (χ1n) is 13.2. The van der Waals surface area contributed by atoms with Crippen molar-refractivity contribution < 1.29 is 54.9 Å². The van der Waals surface area contributed by atoms with E-state index in [0.717, 1.165) is 55.8 Å². The highest BCUT2D eigenvalue weighted by molar-refractivity contribution is 6.05. The van der Waals surface area contributed by atoms with Crippen molar-refractivity contribution in [3.05, 3.63) is 77.0 Å². The first-order chi connectivity index (χ1) is 21.0. The molecule has 0 radical (unpaired) electrons. The van der Waals surface area contributed by atoms with Crippen LogP contribution in [0.15, 0.2) is 48.7 Å². The molecule has 1 aliphatic rings. The molecule has 0 bridgehead atoms. The van der Waals surface area contributed by atoms with Crippen molar-refractivity contribution in [3.63, 3.8) is 0 Å². The van der Waals surface area contributed by atoms with Crippen LogP contribution in [-0.2, 0) is 11.0 Å². The lowest BCUT2D eigenvalue weighted by molar-refractivity contribution is -0.136. The van der Waals surface area contributed by atoms with E-state index >= 15 is 8.78 Å². The van der Waals surface area contributed by atoms with E-state index in [1.807, 2.05) is 0 Å². The number of aliphatic hydroxyl groups is 1. The predicted octanol–water partition coefficient (Wildman–Crippen LogP) is 5.10. The highest BCUT2D eigenvalue weighted by atomic mass is 19.4. The maximum Gasteiger partial charge on any atom is 0.421 e. The van der Waals surface area contributed by atoms with Gasteiger partial charge in [-0.15, -0.1) is 0 Å². The fraction of sp³-hybridized carbons (Fsp3) is 0.345. The van der Waals surface area contributed by atoms with Gasteiger partial charge in [-0.1, -0.05) is 0 Å². The Morgan fingerprint density at radius 3 is 2.24 bits per heavy atom. The predicted molar refractivity (Wildman–Crippen MR) is 146 cm³/mol. The second-order valence-electron chi connectivity index (χ2n) is 10.6. The number of halogens is 7. The fourth-order valence-electron chi connectivity index (χ4n) is 4.78. The number of rotatable bonds is 10. The smallest absolute Gasteiger partial charge is 0.421 e. The molecule has 45 heavy (non-hydrogen) atoms. The molecule has 1 saturated heterocycles. The number of amides is 2. The second kappa shape index (κ2) is 12.8. The first-order valence-corrected chi connectivity index (χ1v) is 13.2. The molecule has 4 rings (SSSR count). The Hall–Kier alpha value is -4.60. The molecular formula is C29H27F7N4O5. The minimum atomic E-state index is -5.10. The number of pyridine rings is 1. The number of ether oxygens (including phenoxy) is 2. The number of hydrogen-bond donors (Lipinski definition) is 3. The van der Waals surface area contributed by atoms with E-state index in [1.165, 1.54) is 13.8 Å². The van der Waals surface area contributed by atoms with Crippen LogP contribution in [0.3, 0.4) is 0 Å². The maximum absolute atomic E-state index is 15.3. The summed E-state index contributed by atoms with van der Waals surface area (Å²) in [6.07, 6.45) is -4.12. The molecule has 2 atom stereocenters. The van der Waals surface area contributed by atoms with Crippen LogP contribution >= 0.6 is 0 Å². The summed E-state index contributed by atoms with van der Waals surface area (Å²) in [5.74, 6) is -7.52. The summed E-state index contributed by atoms with van der Waals surface area (Å²) in [5.41, 5.74) is -4.23. The zero-order valence-corrected chi connectivity index (χ0v) is 23.9. The van der Waals surface area contributed by atoms with E-state index in [1.54, 1.807) is 0 Å². The molecule has 0 saturated carbocycles. The Morgan fingerprint density at radius 1 is 1.09 bits per heavy atom. The van der Waals surface area contributed by atoms with E-state index in [2.05, 4.69) is 20.4 Å². The van der Waals surface area contributed by atoms with Gasteiger partial charge < -0.3 is 25.2 Å². The average Bonchev–Trinajstić information content (AvgIpc) is 3.25. The van der Waals surface area contributed by atoms with Crippen molar-refractivity contribution in [1.29, 1.82) is 0 Å². The Kier molecular flexibility index (Phi) is 9.46. The highest BCUT2D eigenvalue weighted by Gasteiger charge is 2.49. The van der Waals surface area contributed by atoms with E-state index < -0.39 is 83.0 Å². The van der Waals surface area contributed by atoms with E-state index in [0.29, 0.717) is 4.90 Å². The Labute approximate surface area is 252 Å². The van der Waals surface area contributed by atoms with Crippen LogP contribution < -0.4 is 25.0 Å². The number of benzene rings is 2. The van der Waals surface area contributed by atoms with Gasteiger partial charge >= 0.3 is 12.8 Å². The molecule has 1 fully saturated rings. The van der Waals surface area contributed by atoms with Crippen molar-refractivity contribution in [2.24, 2.45) is 0 Å². The van der Waals surface area contributed by atoms with E-state index in [4.69, 9.17) is 4.74 Å². The minimum absolute atomic E-state index is 0.177. The number of nitrogens with one attached hydrogen (secondary N) is 2. The molecule has 0 aliphatic carbocycles. The number of carbonyl (C=O) groups is 2. The van der Waals surface area contributed by atoms with Gasteiger partial charge in [0.25, 0.3) is 11.8 Å². The van der Waals surface area contributed by atoms with Gasteiger partial charge in [0.15, 0.2) is 0 Å². The number of hydrogen-bond acceptors (Lipinski definition) is 7. The molecule has 3 N–H and O–H groups in total. The van der Waals surface area contributed by atoms with E-state index in [9.17, 15) is 36.6 Å². The SMILES string of the molecule is COc1cc(F)c([C@@H]2CN(c3nccc(NCC(C)(C)O)c3C(F)(F)F)C(=O)C2NC(=O)c2ccc(OC(F)F)cc2)c(F)c1. The molecule has 2 heterocycles. The quantitative estimate of drug-likeness (QED) is 0.264. The van der Waals surface area contributed by atoms with Crippen LogP contribution in [0.5, 0.6) is 11.5 Å². The lowest BCUT2D eigenvalue weighted by atomic mass is 9.92. The molecule has 1 aromatic heterocycles. The van der Waals surface area contributed by atoms with Crippen LogP contribution in [0.4, 0.5) is 42.2 Å². The van der Waals surface area contributed by atoms with Gasteiger partial charge in [0.1, 0.15) is 40.6 Å². The maximum atomic E-state index is 15.3. The molecule has 9 nitrogen and oxygen atoms in total. The lowest BCUT2D eigenvalue weighted by Gasteiger charge is -2.25. The minimum Gasteiger partial charge on any atom is -0.497 e. The van der Waals surface area contributed by atoms with Crippen LogP contribution in [0.25, 0.3) is 0 Å². The van der Waals surface area contributed by atoms with Crippen molar-refractivity contribution in [3.8, 4) is 11.5 Å². The third-order valence-corrected chi connectivity index (χ3v) is 6.78. The van der Waals surface area contributed by atoms with Crippen LogP contribution in [-0.4, -0.2) is 60.4 Å². The Bertz CT molecular complexity index is 1540. The number of anilines is 2. The standard InChI is InChI=1S/C29H27F7N4O5/c1-28(2,43)13-38-20-8-9-37-24(22(20)29(34,35)36)40-12-17(21-18(30)10-16(44-3)11-19(21)31)23(26(40)42)39-25(41)14-4-6-15(7-5-14)45-27(32)33/h4-11,17,23,27,43H,12-13H2,1-3H3,(H,37,38)(H,39,41)/t17-,23?/m0/s1. The molecule has 2 aromatic carbocycles. The zero-order valence-electron chi connectivity index (χ0n) is 23.9. The Morgan fingerprint density at radius 2 is 1.71 bits per heavy atom. The van der Waals surface area contributed by atoms with Gasteiger partial charge in [-0.05, 0) is 44.2 Å². The number of nitrogens with zero attached hydrogens (tertiary/aromatic N) is 2. The second-order valence-corrected chi connectivity index (χ2v) is 10.6. The number of methoxy groups -OCH3 is 1. The van der Waals surface area contributed by atoms with Crippen molar-refractivity contribution in [1.82, 2.24) is 10.3 Å². The zero-order chi connectivity index (χ0) is 33.3. The topological polar surface area (TPSA) is 113 Å². The van der Waals surface area contributed by atoms with Gasteiger partial charge in [0, 0.05) is 48.5 Å². The lowest BCUT2D eigenvalue weighted by Crippen LogP contribution is -2.44. The van der Waals surface area contributed by atoms with Gasteiger partial charge in [-0.2, -0.15) is 22.0 Å². The molecule has 1 unspecified atom stereocenters. The molecule has 2 amide bonds. The van der Waals surface area contributed by atoms with Gasteiger partial charge in [-0.3, -0.25) is 14.5 Å². The van der Waals surface area contributed by atoms with Crippen LogP contribution in [0.2, 0.25) is 0 Å². The number of carbonyl (C=O) groups excluding carboxylic acids is 2. The molecule has 0 spiro atoms. The molecule has 1 aliphatic heterocycles. The summed E-state index contributed by atoms with van der Waals surface area (Å²) >= 11 is 0. The summed E-state index contributed by atoms with van der Waals surface area (Å²) in [6, 6.07) is 5.04. The normalized spacial score (nSPS) is 17.1. The van der Waals surface area contributed by atoms with Crippen molar-refractivity contribution in [2.45, 2.75) is 44.2 Å². The third-order valence-electron chi connectivity index (χ3n) is 6.78. The monoisotopic (exact) mass is 644 g/mol. The van der Waals surface area contributed by atoms with Gasteiger partial charge in [0.05, 0.1) is 18.4 Å². The van der Waals surface area contributed by atoms with Crippen LogP contribution in [0.1, 0.15) is 41.3 Å². The summed E-state index contributed by atoms with van der Waals surface area (Å²) < 4.78 is 108. The summed E-state index contributed by atoms with van der Waals surface area (Å²) in [6.45, 7) is -1.49. The van der Waals surface area contributed by atoms with Crippen molar-refractivity contribution in [2.75, 3.05) is 30.4 Å². The molecular weight excluding hydrogens is 617 g/mol. The fourth-order valence-corrected chi connectivity index (χ4v) is 4.78. The summed E-state index contributed by atoms with van der Waals surface area (Å²) in [7, 11) is 1.15. The van der Waals surface area contributed by atoms with Gasteiger partial charge in [-0.25, -0.2) is 13.8 Å². The molecule has 242 valence electrons. The highest BCUT2D eigenvalue weighted by Crippen LogP contribution is 2.44.